The Morgan fingerprint density at radius 1 is 1.07 bits per heavy atom. The van der Waals surface area contributed by atoms with Crippen molar-refractivity contribution in [1.29, 1.82) is 0 Å². The van der Waals surface area contributed by atoms with Crippen molar-refractivity contribution in [2.75, 3.05) is 5.32 Å². The van der Waals surface area contributed by atoms with Crippen LogP contribution in [0.15, 0.2) is 47.4 Å². The first-order chi connectivity index (χ1) is 13.6. The van der Waals surface area contributed by atoms with Crippen molar-refractivity contribution < 1.29 is 13.2 Å². The van der Waals surface area contributed by atoms with E-state index in [0.717, 1.165) is 3.57 Å². The number of rotatable bonds is 6. The third-order valence-corrected chi connectivity index (χ3v) is 8.18. The largest absolute Gasteiger partial charge is 0.298 e. The lowest BCUT2D eigenvalue weighted by atomic mass is 10.2. The third-order valence-electron chi connectivity index (χ3n) is 4.28. The number of hydrogen-bond donors (Lipinski definition) is 1. The zero-order valence-electron chi connectivity index (χ0n) is 16.5. The van der Waals surface area contributed by atoms with E-state index in [2.05, 4.69) is 32.9 Å². The molecule has 0 unspecified atom stereocenters. The molecule has 0 aliphatic heterocycles. The minimum Gasteiger partial charge on any atom is -0.298 e. The van der Waals surface area contributed by atoms with E-state index in [-0.39, 0.29) is 22.9 Å². The van der Waals surface area contributed by atoms with E-state index in [1.165, 1.54) is 15.6 Å². The van der Waals surface area contributed by atoms with Gasteiger partial charge in [-0.25, -0.2) is 13.4 Å². The van der Waals surface area contributed by atoms with E-state index >= 15 is 0 Å². The van der Waals surface area contributed by atoms with E-state index in [9.17, 15) is 13.2 Å². The molecule has 6 nitrogen and oxygen atoms in total. The van der Waals surface area contributed by atoms with Crippen LogP contribution in [0.25, 0.3) is 10.2 Å². The molecule has 0 saturated heterocycles. The molecule has 0 radical (unpaired) electrons. The predicted octanol–water partition coefficient (Wildman–Crippen LogP) is 4.96. The van der Waals surface area contributed by atoms with Crippen LogP contribution < -0.4 is 5.32 Å². The predicted molar refractivity (Wildman–Crippen MR) is 126 cm³/mol. The average Bonchev–Trinajstić information content (AvgIpc) is 3.02. The van der Waals surface area contributed by atoms with Gasteiger partial charge in [-0.2, -0.15) is 4.31 Å². The number of amides is 1. The number of aromatic nitrogens is 1. The van der Waals surface area contributed by atoms with Crippen LogP contribution in [-0.4, -0.2) is 35.7 Å². The SMILES string of the molecule is CC(C)N(C(C)C)S(=O)(=O)c1ccc2nc(NC(=O)c3ccc(I)cc3)sc2c1. The fourth-order valence-electron chi connectivity index (χ4n) is 3.16. The summed E-state index contributed by atoms with van der Waals surface area (Å²) in [5.41, 5.74) is 1.19. The molecular weight excluding hydrogens is 521 g/mol. The van der Waals surface area contributed by atoms with Crippen LogP contribution in [0.1, 0.15) is 38.1 Å². The molecule has 1 amide bonds. The molecule has 2 aromatic carbocycles. The maximum Gasteiger partial charge on any atom is 0.257 e. The van der Waals surface area contributed by atoms with Crippen LogP contribution in [0, 0.1) is 3.57 Å². The van der Waals surface area contributed by atoms with Crippen LogP contribution >= 0.6 is 33.9 Å². The molecule has 1 aromatic heterocycles. The number of hydrogen-bond acceptors (Lipinski definition) is 5. The molecule has 3 rings (SSSR count). The van der Waals surface area contributed by atoms with Crippen LogP contribution in [-0.2, 0) is 10.0 Å². The van der Waals surface area contributed by atoms with Gasteiger partial charge in [0.15, 0.2) is 5.13 Å². The van der Waals surface area contributed by atoms with Gasteiger partial charge >= 0.3 is 0 Å². The second kappa shape index (κ2) is 8.66. The fraction of sp³-hybridized carbons (Fsp3) is 0.300. The van der Waals surface area contributed by atoms with E-state index in [4.69, 9.17) is 0 Å². The highest BCUT2D eigenvalue weighted by atomic mass is 127. The topological polar surface area (TPSA) is 79.4 Å². The number of halogens is 1. The quantitative estimate of drug-likeness (QED) is 0.446. The second-order valence-corrected chi connectivity index (χ2v) is 11.3. The summed E-state index contributed by atoms with van der Waals surface area (Å²) in [7, 11) is -3.63. The molecule has 0 atom stereocenters. The minimum atomic E-state index is -3.63. The molecule has 154 valence electrons. The summed E-state index contributed by atoms with van der Waals surface area (Å²) in [5.74, 6) is -0.251. The fourth-order valence-corrected chi connectivity index (χ4v) is 6.36. The van der Waals surface area contributed by atoms with Gasteiger partial charge in [-0.3, -0.25) is 10.1 Å². The second-order valence-electron chi connectivity index (χ2n) is 7.13. The highest BCUT2D eigenvalue weighted by Crippen LogP contribution is 2.30. The summed E-state index contributed by atoms with van der Waals surface area (Å²) < 4.78 is 29.4. The molecule has 0 saturated carbocycles. The van der Waals surface area contributed by atoms with Gasteiger partial charge in [0.25, 0.3) is 5.91 Å². The summed E-state index contributed by atoms with van der Waals surface area (Å²) in [6.07, 6.45) is 0. The van der Waals surface area contributed by atoms with Crippen LogP contribution in [0.2, 0.25) is 0 Å². The molecule has 0 fully saturated rings. The summed E-state index contributed by atoms with van der Waals surface area (Å²) in [4.78, 5) is 17.1. The Hall–Kier alpha value is -1.56. The average molecular weight is 543 g/mol. The third kappa shape index (κ3) is 4.79. The highest BCUT2D eigenvalue weighted by Gasteiger charge is 2.29. The summed E-state index contributed by atoms with van der Waals surface area (Å²) in [6.45, 7) is 7.45. The van der Waals surface area contributed by atoms with Gasteiger partial charge in [0.05, 0.1) is 15.1 Å². The molecule has 29 heavy (non-hydrogen) atoms. The molecular formula is C20H22IN3O3S2. The Bertz CT molecular complexity index is 1130. The van der Waals surface area contributed by atoms with E-state index in [1.807, 2.05) is 39.8 Å². The first-order valence-corrected chi connectivity index (χ1v) is 12.4. The summed E-state index contributed by atoms with van der Waals surface area (Å²) >= 11 is 3.43. The van der Waals surface area contributed by atoms with Crippen molar-refractivity contribution >= 4 is 65.2 Å². The Balaban J connectivity index is 1.90. The summed E-state index contributed by atoms with van der Waals surface area (Å²) in [6, 6.07) is 11.8. The number of carbonyl (C=O) groups is 1. The smallest absolute Gasteiger partial charge is 0.257 e. The molecule has 0 spiro atoms. The van der Waals surface area contributed by atoms with Crippen LogP contribution in [0.3, 0.4) is 0 Å². The van der Waals surface area contributed by atoms with Gasteiger partial charge < -0.3 is 0 Å². The number of anilines is 1. The maximum atomic E-state index is 13.1. The Morgan fingerprint density at radius 3 is 2.28 bits per heavy atom. The van der Waals surface area contributed by atoms with Crippen molar-refractivity contribution in [1.82, 2.24) is 9.29 Å². The van der Waals surface area contributed by atoms with Crippen molar-refractivity contribution in [3.8, 4) is 0 Å². The molecule has 1 heterocycles. The lowest BCUT2D eigenvalue weighted by molar-refractivity contribution is 0.102. The standard InChI is InChI=1S/C20H22IN3O3S2/c1-12(2)24(13(3)4)29(26,27)16-9-10-17-18(11-16)28-20(22-17)23-19(25)14-5-7-15(21)8-6-14/h5-13H,1-4H3,(H,22,23,25). The minimum absolute atomic E-state index is 0.152. The van der Waals surface area contributed by atoms with E-state index < -0.39 is 10.0 Å². The molecule has 0 aliphatic carbocycles. The van der Waals surface area contributed by atoms with Gasteiger partial charge in [-0.1, -0.05) is 11.3 Å². The Morgan fingerprint density at radius 2 is 1.69 bits per heavy atom. The Labute approximate surface area is 188 Å². The maximum absolute atomic E-state index is 13.1. The van der Waals surface area contributed by atoms with Gasteiger partial charge in [0.2, 0.25) is 10.0 Å². The molecule has 9 heteroatoms. The number of benzene rings is 2. The lowest BCUT2D eigenvalue weighted by Gasteiger charge is -2.29. The number of nitrogens with one attached hydrogen (secondary N) is 1. The number of nitrogens with zero attached hydrogens (tertiary/aromatic N) is 2. The van der Waals surface area contributed by atoms with Crippen LogP contribution in [0.4, 0.5) is 5.13 Å². The summed E-state index contributed by atoms with van der Waals surface area (Å²) in [5, 5.41) is 3.22. The van der Waals surface area contributed by atoms with E-state index in [0.29, 0.717) is 20.9 Å². The lowest BCUT2D eigenvalue weighted by Crippen LogP contribution is -2.41. The Kier molecular flexibility index (Phi) is 6.61. The highest BCUT2D eigenvalue weighted by molar-refractivity contribution is 14.1. The monoisotopic (exact) mass is 543 g/mol. The molecule has 3 aromatic rings. The van der Waals surface area contributed by atoms with Crippen molar-refractivity contribution in [2.45, 2.75) is 44.7 Å². The molecule has 0 bridgehead atoms. The van der Waals surface area contributed by atoms with Crippen LogP contribution in [0.5, 0.6) is 0 Å². The van der Waals surface area contributed by atoms with Gasteiger partial charge in [-0.05, 0) is 92.8 Å². The van der Waals surface area contributed by atoms with Gasteiger partial charge in [0.1, 0.15) is 0 Å². The number of carbonyl (C=O) groups excluding carboxylic acids is 1. The normalized spacial score (nSPS) is 12.3. The van der Waals surface area contributed by atoms with Crippen molar-refractivity contribution in [3.05, 3.63) is 51.6 Å². The molecule has 0 aliphatic rings. The molecule has 1 N–H and O–H groups in total. The van der Waals surface area contributed by atoms with Crippen molar-refractivity contribution in [3.63, 3.8) is 0 Å². The first-order valence-electron chi connectivity index (χ1n) is 9.10. The zero-order valence-corrected chi connectivity index (χ0v) is 20.3. The van der Waals surface area contributed by atoms with Gasteiger partial charge in [-0.15, -0.1) is 0 Å². The van der Waals surface area contributed by atoms with Crippen molar-refractivity contribution in [2.24, 2.45) is 0 Å². The van der Waals surface area contributed by atoms with E-state index in [1.54, 1.807) is 30.3 Å². The number of thiazole rings is 1. The zero-order chi connectivity index (χ0) is 21.3. The number of fused-ring (bicyclic) bond motifs is 1. The number of sulfonamides is 1. The first kappa shape index (κ1) is 22.1. The van der Waals surface area contributed by atoms with Gasteiger partial charge in [0, 0.05) is 21.2 Å².